The van der Waals surface area contributed by atoms with Crippen molar-refractivity contribution < 1.29 is 9.63 Å². The van der Waals surface area contributed by atoms with Gasteiger partial charge in [-0.3, -0.25) is 9.63 Å². The second kappa shape index (κ2) is 10.3. The molecule has 0 radical (unpaired) electrons. The van der Waals surface area contributed by atoms with Gasteiger partial charge in [-0.1, -0.05) is 66.6 Å². The molecule has 2 heterocycles. The molecule has 1 unspecified atom stereocenters. The van der Waals surface area contributed by atoms with Crippen molar-refractivity contribution in [2.24, 2.45) is 0 Å². The van der Waals surface area contributed by atoms with Gasteiger partial charge in [0.15, 0.2) is 5.65 Å². The van der Waals surface area contributed by atoms with Gasteiger partial charge in [0.05, 0.1) is 17.4 Å². The molecule has 0 aliphatic heterocycles. The number of aromatic nitrogens is 4. The second-order valence-corrected chi connectivity index (χ2v) is 9.32. The second-order valence-electron chi connectivity index (χ2n) is 8.15. The number of hydroxylamine groups is 1. The van der Waals surface area contributed by atoms with Crippen LogP contribution in [0.1, 0.15) is 43.4 Å². The molecule has 1 amide bonds. The molecule has 2 aromatic heterocycles. The SMILES string of the molecule is CCCC(Sc1nnc2c3cc(C)ccc3n(Cc3ccc(C)cc3)c2n1)C(=O)NOCC. The average Bonchev–Trinajstić information content (AvgIpc) is 3.10. The fraction of sp³-hybridized carbons (Fsp3) is 0.360. The van der Waals surface area contributed by atoms with Crippen LogP contribution in [0.25, 0.3) is 22.1 Å². The molecule has 0 saturated carbocycles. The van der Waals surface area contributed by atoms with E-state index in [1.165, 1.54) is 22.9 Å². The minimum Gasteiger partial charge on any atom is -0.319 e. The van der Waals surface area contributed by atoms with Crippen molar-refractivity contribution in [2.45, 2.75) is 57.5 Å². The van der Waals surface area contributed by atoms with E-state index < -0.39 is 0 Å². The van der Waals surface area contributed by atoms with Gasteiger partial charge in [0.1, 0.15) is 5.52 Å². The predicted molar refractivity (Wildman–Crippen MR) is 132 cm³/mol. The van der Waals surface area contributed by atoms with E-state index in [0.29, 0.717) is 24.7 Å². The highest BCUT2D eigenvalue weighted by atomic mass is 32.2. The van der Waals surface area contributed by atoms with Crippen LogP contribution >= 0.6 is 11.8 Å². The van der Waals surface area contributed by atoms with E-state index in [4.69, 9.17) is 9.82 Å². The first-order valence-corrected chi connectivity index (χ1v) is 12.1. The Morgan fingerprint density at radius 1 is 1.09 bits per heavy atom. The number of aryl methyl sites for hydroxylation is 2. The lowest BCUT2D eigenvalue weighted by molar-refractivity contribution is -0.132. The molecule has 0 spiro atoms. The molecule has 0 bridgehead atoms. The lowest BCUT2D eigenvalue weighted by Crippen LogP contribution is -2.32. The summed E-state index contributed by atoms with van der Waals surface area (Å²) >= 11 is 1.33. The number of carbonyl (C=O) groups excluding carboxylic acids is 1. The molecular formula is C25H29N5O2S. The van der Waals surface area contributed by atoms with Gasteiger partial charge < -0.3 is 4.57 Å². The highest BCUT2D eigenvalue weighted by Gasteiger charge is 2.22. The van der Waals surface area contributed by atoms with Crippen molar-refractivity contribution in [1.29, 1.82) is 0 Å². The van der Waals surface area contributed by atoms with Crippen LogP contribution in [0.3, 0.4) is 0 Å². The zero-order valence-electron chi connectivity index (χ0n) is 19.5. The van der Waals surface area contributed by atoms with Crippen molar-refractivity contribution in [3.8, 4) is 0 Å². The van der Waals surface area contributed by atoms with Crippen molar-refractivity contribution >= 4 is 39.7 Å². The van der Waals surface area contributed by atoms with Crippen LogP contribution in [0.2, 0.25) is 0 Å². The Balaban J connectivity index is 1.75. The fourth-order valence-corrected chi connectivity index (χ4v) is 4.77. The summed E-state index contributed by atoms with van der Waals surface area (Å²) in [5.74, 6) is -0.178. The van der Waals surface area contributed by atoms with E-state index in [2.05, 4.69) is 76.6 Å². The predicted octanol–water partition coefficient (Wildman–Crippen LogP) is 4.97. The van der Waals surface area contributed by atoms with E-state index in [-0.39, 0.29) is 11.2 Å². The number of hydrogen-bond acceptors (Lipinski definition) is 6. The lowest BCUT2D eigenvalue weighted by Gasteiger charge is -2.14. The molecule has 0 aliphatic carbocycles. The molecule has 1 N–H and O–H groups in total. The van der Waals surface area contributed by atoms with Crippen LogP contribution in [0.5, 0.6) is 0 Å². The van der Waals surface area contributed by atoms with Gasteiger partial charge in [0.2, 0.25) is 5.16 Å². The topological polar surface area (TPSA) is 81.9 Å². The Morgan fingerprint density at radius 3 is 2.58 bits per heavy atom. The maximum absolute atomic E-state index is 12.5. The summed E-state index contributed by atoms with van der Waals surface area (Å²) in [4.78, 5) is 22.5. The molecule has 172 valence electrons. The summed E-state index contributed by atoms with van der Waals surface area (Å²) in [5.41, 5.74) is 8.70. The van der Waals surface area contributed by atoms with Crippen LogP contribution in [0, 0.1) is 13.8 Å². The van der Waals surface area contributed by atoms with Crippen LogP contribution in [0.4, 0.5) is 0 Å². The summed E-state index contributed by atoms with van der Waals surface area (Å²) < 4.78 is 2.18. The zero-order valence-corrected chi connectivity index (χ0v) is 20.3. The van der Waals surface area contributed by atoms with Crippen LogP contribution < -0.4 is 5.48 Å². The number of thioether (sulfide) groups is 1. The van der Waals surface area contributed by atoms with Gasteiger partial charge in [-0.05, 0) is 44.9 Å². The summed E-state index contributed by atoms with van der Waals surface area (Å²) in [6.45, 7) is 9.12. The Labute approximate surface area is 197 Å². The molecular weight excluding hydrogens is 434 g/mol. The van der Waals surface area contributed by atoms with Crippen molar-refractivity contribution in [2.75, 3.05) is 6.61 Å². The maximum atomic E-state index is 12.5. The molecule has 33 heavy (non-hydrogen) atoms. The monoisotopic (exact) mass is 463 g/mol. The average molecular weight is 464 g/mol. The minimum atomic E-state index is -0.349. The normalized spacial score (nSPS) is 12.4. The van der Waals surface area contributed by atoms with Gasteiger partial charge in [0.25, 0.3) is 5.91 Å². The highest BCUT2D eigenvalue weighted by molar-refractivity contribution is 8.00. The summed E-state index contributed by atoms with van der Waals surface area (Å²) in [5, 5.41) is 10.1. The van der Waals surface area contributed by atoms with Crippen molar-refractivity contribution in [1.82, 2.24) is 25.2 Å². The molecule has 4 aromatic rings. The molecule has 1 atom stereocenters. The first kappa shape index (κ1) is 23.2. The Morgan fingerprint density at radius 2 is 1.85 bits per heavy atom. The minimum absolute atomic E-state index is 0.178. The van der Waals surface area contributed by atoms with E-state index in [9.17, 15) is 4.79 Å². The number of rotatable bonds is 9. The first-order chi connectivity index (χ1) is 16.0. The third-order valence-corrected chi connectivity index (χ3v) is 6.59. The Hall–Kier alpha value is -2.97. The molecule has 8 heteroatoms. The number of fused-ring (bicyclic) bond motifs is 3. The molecule has 7 nitrogen and oxygen atoms in total. The first-order valence-electron chi connectivity index (χ1n) is 11.3. The maximum Gasteiger partial charge on any atom is 0.257 e. The Kier molecular flexibility index (Phi) is 7.25. The van der Waals surface area contributed by atoms with Crippen LogP contribution in [-0.4, -0.2) is 37.5 Å². The summed E-state index contributed by atoms with van der Waals surface area (Å²) in [7, 11) is 0. The highest BCUT2D eigenvalue weighted by Crippen LogP contribution is 2.30. The number of nitrogens with one attached hydrogen (secondary N) is 1. The largest absolute Gasteiger partial charge is 0.319 e. The molecule has 4 rings (SSSR count). The van der Waals surface area contributed by atoms with Gasteiger partial charge >= 0.3 is 0 Å². The van der Waals surface area contributed by atoms with E-state index in [1.807, 2.05) is 13.8 Å². The summed E-state index contributed by atoms with van der Waals surface area (Å²) in [6, 6.07) is 14.9. The smallest absolute Gasteiger partial charge is 0.257 e. The van der Waals surface area contributed by atoms with Crippen molar-refractivity contribution in [3.05, 3.63) is 59.2 Å². The van der Waals surface area contributed by atoms with Crippen LogP contribution in [-0.2, 0) is 16.2 Å². The number of amides is 1. The molecule has 0 saturated heterocycles. The van der Waals surface area contributed by atoms with E-state index in [1.54, 1.807) is 0 Å². The molecule has 2 aromatic carbocycles. The third kappa shape index (κ3) is 5.17. The third-order valence-electron chi connectivity index (χ3n) is 5.47. The fourth-order valence-electron chi connectivity index (χ4n) is 3.78. The number of nitrogens with zero attached hydrogens (tertiary/aromatic N) is 4. The summed E-state index contributed by atoms with van der Waals surface area (Å²) in [6.07, 6.45) is 1.55. The van der Waals surface area contributed by atoms with Gasteiger partial charge in [-0.2, -0.15) is 0 Å². The van der Waals surface area contributed by atoms with E-state index >= 15 is 0 Å². The Bertz CT molecular complexity index is 1270. The van der Waals surface area contributed by atoms with Crippen molar-refractivity contribution in [3.63, 3.8) is 0 Å². The molecule has 0 fully saturated rings. The number of benzene rings is 2. The van der Waals surface area contributed by atoms with E-state index in [0.717, 1.165) is 34.1 Å². The number of hydrogen-bond donors (Lipinski definition) is 1. The van der Waals surface area contributed by atoms with Crippen LogP contribution in [0.15, 0.2) is 47.6 Å². The zero-order chi connectivity index (χ0) is 23.4. The standard InChI is InChI=1S/C25H29N5O2S/c1-5-7-21(24(31)29-32-6-2)33-25-26-23-22(27-28-25)19-14-17(4)10-13-20(19)30(23)15-18-11-8-16(3)9-12-18/h8-14,21H,5-7,15H2,1-4H3,(H,29,31). The van der Waals surface area contributed by atoms with Gasteiger partial charge in [-0.15, -0.1) is 10.2 Å². The van der Waals surface area contributed by atoms with Gasteiger partial charge in [-0.25, -0.2) is 10.5 Å². The number of carbonyl (C=O) groups is 1. The lowest BCUT2D eigenvalue weighted by atomic mass is 10.1. The quantitative estimate of drug-likeness (QED) is 0.279. The molecule has 0 aliphatic rings. The van der Waals surface area contributed by atoms with Gasteiger partial charge in [0, 0.05) is 11.9 Å².